The van der Waals surface area contributed by atoms with E-state index >= 15 is 0 Å². The van der Waals surface area contributed by atoms with Gasteiger partial charge in [0.1, 0.15) is 5.75 Å². The van der Waals surface area contributed by atoms with Gasteiger partial charge in [-0.15, -0.1) is 23.1 Å². The summed E-state index contributed by atoms with van der Waals surface area (Å²) in [7, 11) is 0. The first-order valence-corrected chi connectivity index (χ1v) is 11.9. The van der Waals surface area contributed by atoms with Gasteiger partial charge in [-0.3, -0.25) is 9.59 Å². The molecule has 2 amide bonds. The predicted octanol–water partition coefficient (Wildman–Crippen LogP) is 4.05. The van der Waals surface area contributed by atoms with E-state index in [0.717, 1.165) is 21.3 Å². The van der Waals surface area contributed by atoms with Crippen LogP contribution in [0.2, 0.25) is 0 Å². The Kier molecular flexibility index (Phi) is 6.58. The molecule has 0 bridgehead atoms. The fraction of sp³-hybridized carbons (Fsp3) is 0.261. The molecule has 2 aromatic carbocycles. The Morgan fingerprint density at radius 1 is 1.00 bits per heavy atom. The number of thiazole rings is 1. The van der Waals surface area contributed by atoms with Gasteiger partial charge < -0.3 is 14.9 Å². The molecule has 3 aromatic rings. The zero-order chi connectivity index (χ0) is 21.8. The second-order valence-corrected chi connectivity index (χ2v) is 9.38. The summed E-state index contributed by atoms with van der Waals surface area (Å²) in [6, 6.07) is 14.2. The average Bonchev–Trinajstić information content (AvgIpc) is 3.22. The number of phenols is 1. The number of para-hydroxylation sites is 1. The van der Waals surface area contributed by atoms with Crippen molar-refractivity contribution in [2.75, 3.05) is 26.2 Å². The summed E-state index contributed by atoms with van der Waals surface area (Å²) in [5.74, 6) is 0.557. The molecule has 31 heavy (non-hydrogen) atoms. The van der Waals surface area contributed by atoms with Crippen LogP contribution in [0.3, 0.4) is 0 Å². The molecule has 0 spiro atoms. The van der Waals surface area contributed by atoms with Gasteiger partial charge in [0.25, 0.3) is 11.8 Å². The van der Waals surface area contributed by atoms with E-state index in [-0.39, 0.29) is 17.6 Å². The highest BCUT2D eigenvalue weighted by atomic mass is 32.2. The van der Waals surface area contributed by atoms with Crippen LogP contribution in [0.4, 0.5) is 0 Å². The molecule has 0 aliphatic carbocycles. The zero-order valence-corrected chi connectivity index (χ0v) is 18.8. The van der Waals surface area contributed by atoms with Crippen molar-refractivity contribution < 1.29 is 14.7 Å². The Labute approximate surface area is 189 Å². The van der Waals surface area contributed by atoms with Crippen LogP contribution in [0.25, 0.3) is 0 Å². The molecule has 1 aromatic heterocycles. The van der Waals surface area contributed by atoms with E-state index in [1.807, 2.05) is 31.2 Å². The summed E-state index contributed by atoms with van der Waals surface area (Å²) in [5, 5.41) is 13.1. The third-order valence-corrected chi connectivity index (χ3v) is 7.01. The van der Waals surface area contributed by atoms with Crippen LogP contribution in [-0.2, 0) is 5.75 Å². The summed E-state index contributed by atoms with van der Waals surface area (Å²) >= 11 is 3.35. The molecule has 1 N–H and O–H groups in total. The van der Waals surface area contributed by atoms with Gasteiger partial charge in [0, 0.05) is 47.8 Å². The number of thioether (sulfide) groups is 1. The third-order valence-electron chi connectivity index (χ3n) is 5.14. The lowest BCUT2D eigenvalue weighted by atomic mass is 10.1. The van der Waals surface area contributed by atoms with Crippen molar-refractivity contribution in [1.29, 1.82) is 0 Å². The smallest absolute Gasteiger partial charge is 0.257 e. The minimum absolute atomic E-state index is 0.0196. The van der Waals surface area contributed by atoms with Gasteiger partial charge in [-0.2, -0.15) is 0 Å². The lowest BCUT2D eigenvalue weighted by Gasteiger charge is -2.35. The SMILES string of the molecule is Cc1nc(CSc2ccc(C(=O)N3CCN(C(=O)c4ccccc4O)CC3)cc2)cs1. The largest absolute Gasteiger partial charge is 0.507 e. The number of carbonyl (C=O) groups is 2. The highest BCUT2D eigenvalue weighted by Gasteiger charge is 2.26. The van der Waals surface area contributed by atoms with E-state index in [4.69, 9.17) is 0 Å². The number of phenolic OH excluding ortho intramolecular Hbond substituents is 1. The van der Waals surface area contributed by atoms with Gasteiger partial charge in [-0.05, 0) is 43.3 Å². The molecular weight excluding hydrogens is 430 g/mol. The number of benzene rings is 2. The van der Waals surface area contributed by atoms with Crippen molar-refractivity contribution in [1.82, 2.24) is 14.8 Å². The molecule has 0 atom stereocenters. The molecular formula is C23H23N3O3S2. The molecule has 1 fully saturated rings. The van der Waals surface area contributed by atoms with E-state index < -0.39 is 0 Å². The fourth-order valence-corrected chi connectivity index (χ4v) is 4.95. The number of aromatic hydroxyl groups is 1. The number of piperazine rings is 1. The number of aryl methyl sites for hydroxylation is 1. The van der Waals surface area contributed by atoms with Crippen molar-refractivity contribution >= 4 is 34.9 Å². The minimum Gasteiger partial charge on any atom is -0.507 e. The highest BCUT2D eigenvalue weighted by Crippen LogP contribution is 2.24. The summed E-state index contributed by atoms with van der Waals surface area (Å²) in [5.41, 5.74) is 2.02. The van der Waals surface area contributed by atoms with E-state index in [2.05, 4.69) is 10.4 Å². The Morgan fingerprint density at radius 3 is 2.26 bits per heavy atom. The Hall–Kier alpha value is -2.84. The first kappa shape index (κ1) is 21.4. The third kappa shape index (κ3) is 5.08. The molecule has 160 valence electrons. The topological polar surface area (TPSA) is 73.7 Å². The van der Waals surface area contributed by atoms with Gasteiger partial charge in [0.2, 0.25) is 0 Å². The maximum Gasteiger partial charge on any atom is 0.257 e. The minimum atomic E-state index is -0.207. The highest BCUT2D eigenvalue weighted by molar-refractivity contribution is 7.98. The number of carbonyl (C=O) groups excluding carboxylic acids is 2. The van der Waals surface area contributed by atoms with Crippen LogP contribution >= 0.6 is 23.1 Å². The summed E-state index contributed by atoms with van der Waals surface area (Å²) in [6.45, 7) is 3.83. The molecule has 6 nitrogen and oxygen atoms in total. The van der Waals surface area contributed by atoms with Gasteiger partial charge in [0.15, 0.2) is 0 Å². The standard InChI is InChI=1S/C23H23N3O3S2/c1-16-24-18(14-30-16)15-31-19-8-6-17(7-9-19)22(28)25-10-12-26(13-11-25)23(29)20-4-2-3-5-21(20)27/h2-9,14,27H,10-13,15H2,1H3. The number of aromatic nitrogens is 1. The Bertz CT molecular complexity index is 1070. The van der Waals surface area contributed by atoms with Crippen LogP contribution in [0.15, 0.2) is 58.8 Å². The van der Waals surface area contributed by atoms with Crippen LogP contribution in [-0.4, -0.2) is 57.9 Å². The van der Waals surface area contributed by atoms with E-state index in [0.29, 0.717) is 37.3 Å². The second-order valence-electron chi connectivity index (χ2n) is 7.27. The molecule has 1 aliphatic heterocycles. The number of hydrogen-bond donors (Lipinski definition) is 1. The first-order valence-electron chi connectivity index (χ1n) is 10.0. The van der Waals surface area contributed by atoms with E-state index in [1.165, 1.54) is 6.07 Å². The molecule has 0 saturated carbocycles. The van der Waals surface area contributed by atoms with Gasteiger partial charge >= 0.3 is 0 Å². The summed E-state index contributed by atoms with van der Waals surface area (Å²) < 4.78 is 0. The van der Waals surface area contributed by atoms with Crippen molar-refractivity contribution in [2.45, 2.75) is 17.6 Å². The lowest BCUT2D eigenvalue weighted by Crippen LogP contribution is -2.50. The van der Waals surface area contributed by atoms with Crippen LogP contribution < -0.4 is 0 Å². The maximum absolute atomic E-state index is 12.9. The molecule has 0 unspecified atom stereocenters. The number of amides is 2. The Morgan fingerprint density at radius 2 is 1.65 bits per heavy atom. The summed E-state index contributed by atoms with van der Waals surface area (Å²) in [4.78, 5) is 34.5. The summed E-state index contributed by atoms with van der Waals surface area (Å²) in [6.07, 6.45) is 0. The molecule has 1 aliphatic rings. The predicted molar refractivity (Wildman–Crippen MR) is 123 cm³/mol. The van der Waals surface area contributed by atoms with Gasteiger partial charge in [0.05, 0.1) is 16.3 Å². The van der Waals surface area contributed by atoms with Crippen LogP contribution in [0.5, 0.6) is 5.75 Å². The monoisotopic (exact) mass is 453 g/mol. The molecule has 8 heteroatoms. The van der Waals surface area contributed by atoms with Crippen molar-refractivity contribution in [3.8, 4) is 5.75 Å². The fourth-order valence-electron chi connectivity index (χ4n) is 3.45. The maximum atomic E-state index is 12.9. The quantitative estimate of drug-likeness (QED) is 0.590. The van der Waals surface area contributed by atoms with E-state index in [9.17, 15) is 14.7 Å². The normalized spacial score (nSPS) is 14.0. The van der Waals surface area contributed by atoms with E-state index in [1.54, 1.807) is 51.1 Å². The van der Waals surface area contributed by atoms with Crippen molar-refractivity contribution in [2.24, 2.45) is 0 Å². The zero-order valence-electron chi connectivity index (χ0n) is 17.2. The van der Waals surface area contributed by atoms with Crippen LogP contribution in [0.1, 0.15) is 31.4 Å². The average molecular weight is 454 g/mol. The van der Waals surface area contributed by atoms with Crippen LogP contribution in [0, 0.1) is 6.92 Å². The Balaban J connectivity index is 1.31. The molecule has 1 saturated heterocycles. The number of nitrogens with zero attached hydrogens (tertiary/aromatic N) is 3. The van der Waals surface area contributed by atoms with Gasteiger partial charge in [-0.25, -0.2) is 4.98 Å². The molecule has 0 radical (unpaired) electrons. The molecule has 2 heterocycles. The first-order chi connectivity index (χ1) is 15.0. The van der Waals surface area contributed by atoms with Crippen molar-refractivity contribution in [3.63, 3.8) is 0 Å². The second kappa shape index (κ2) is 9.53. The lowest BCUT2D eigenvalue weighted by molar-refractivity contribution is 0.0533. The number of rotatable bonds is 5. The van der Waals surface area contributed by atoms with Crippen molar-refractivity contribution in [3.05, 3.63) is 75.7 Å². The molecule has 4 rings (SSSR count). The number of hydrogen-bond acceptors (Lipinski definition) is 6. The van der Waals surface area contributed by atoms with Gasteiger partial charge in [-0.1, -0.05) is 12.1 Å².